The van der Waals surface area contributed by atoms with Gasteiger partial charge in [0.2, 0.25) is 0 Å². The average Bonchev–Trinajstić information content (AvgIpc) is 3.73. The molecule has 0 fully saturated rings. The van der Waals surface area contributed by atoms with Gasteiger partial charge in [0.05, 0.1) is 5.69 Å². The molecule has 0 atom stereocenters. The van der Waals surface area contributed by atoms with E-state index in [4.69, 9.17) is 4.42 Å². The molecule has 2 nitrogen and oxygen atoms in total. The van der Waals surface area contributed by atoms with Gasteiger partial charge < -0.3 is 9.32 Å². The topological polar surface area (TPSA) is 16.4 Å². The van der Waals surface area contributed by atoms with Crippen LogP contribution in [0.1, 0.15) is 0 Å². The number of rotatable bonds is 7. The minimum Gasteiger partial charge on any atom is -0.455 e. The molecule has 0 spiro atoms. The second-order valence-corrected chi connectivity index (χ2v) is 16.5. The molecule has 0 N–H and O–H groups in total. The van der Waals surface area contributed by atoms with Crippen LogP contribution in [0.2, 0.25) is 0 Å². The van der Waals surface area contributed by atoms with E-state index in [1.807, 2.05) is 0 Å². The molecule has 11 aromatic rings. The van der Waals surface area contributed by atoms with E-state index in [2.05, 4.69) is 236 Å². The molecule has 0 aliphatic rings. The lowest BCUT2D eigenvalue weighted by Gasteiger charge is -2.34. The molecular weight excluding hydrogens is 746 g/mol. The molecule has 0 saturated heterocycles. The third kappa shape index (κ3) is 6.17. The Kier molecular flexibility index (Phi) is 9.24. The Morgan fingerprint density at radius 3 is 1.73 bits per heavy atom. The highest BCUT2D eigenvalue weighted by Gasteiger charge is 2.26. The zero-order valence-electron chi connectivity index (χ0n) is 35.4. The van der Waals surface area contributed by atoms with Gasteiger partial charge in [0, 0.05) is 33.1 Å². The molecule has 0 saturated carbocycles. The summed E-state index contributed by atoms with van der Waals surface area (Å²) in [5.41, 5.74) is 19.9. The zero-order valence-corrected chi connectivity index (χ0v) is 35.4. The summed E-state index contributed by atoms with van der Waals surface area (Å²) in [5.74, 6) is 0. The highest BCUT2D eigenvalue weighted by molar-refractivity contribution is 6.63. The van der Waals surface area contributed by atoms with E-state index in [0.29, 0.717) is 0 Å². The van der Waals surface area contributed by atoms with Crippen molar-refractivity contribution in [2.45, 2.75) is 0 Å². The molecule has 11 rings (SSSR count). The molecule has 6 heteroatoms. The smallest absolute Gasteiger partial charge is 0.143 e. The Labute approximate surface area is 366 Å². The maximum atomic E-state index is 6.74. The number of hydrogen-bond acceptors (Lipinski definition) is 2. The summed E-state index contributed by atoms with van der Waals surface area (Å²) in [4.78, 5) is 2.52. The van der Waals surface area contributed by atoms with E-state index < -0.39 is 0 Å². The minimum absolute atomic E-state index is 0.884. The molecule has 0 unspecified atom stereocenters. The monoisotopic (exact) mass is 787 g/mol. The summed E-state index contributed by atoms with van der Waals surface area (Å²) in [7, 11) is 9.20. The minimum atomic E-state index is 0.884. The van der Waals surface area contributed by atoms with Crippen LogP contribution in [-0.4, -0.2) is 31.4 Å². The van der Waals surface area contributed by atoms with Crippen LogP contribution in [0, 0.1) is 0 Å². The summed E-state index contributed by atoms with van der Waals surface area (Å²) in [5, 5.41) is 7.02. The van der Waals surface area contributed by atoms with Gasteiger partial charge in [0.1, 0.15) is 42.6 Å². The van der Waals surface area contributed by atoms with Crippen LogP contribution in [0.15, 0.2) is 205 Å². The highest BCUT2D eigenvalue weighted by Crippen LogP contribution is 2.46. The average molecular weight is 787 g/mol. The Morgan fingerprint density at radius 2 is 0.935 bits per heavy atom. The first-order valence-corrected chi connectivity index (χ1v) is 21.5. The highest BCUT2D eigenvalue weighted by atomic mass is 16.3. The van der Waals surface area contributed by atoms with Crippen LogP contribution in [0.25, 0.3) is 88.0 Å². The first-order valence-electron chi connectivity index (χ1n) is 21.5. The number of nitrogens with zero attached hydrogens (tertiary/aromatic N) is 1. The van der Waals surface area contributed by atoms with Crippen LogP contribution >= 0.6 is 0 Å². The predicted octanol–water partition coefficient (Wildman–Crippen LogP) is 9.06. The molecule has 0 amide bonds. The first-order chi connectivity index (χ1) is 30.4. The molecule has 62 heavy (non-hydrogen) atoms. The van der Waals surface area contributed by atoms with Crippen molar-refractivity contribution in [1.82, 2.24) is 0 Å². The van der Waals surface area contributed by atoms with Crippen molar-refractivity contribution >= 4 is 114 Å². The van der Waals surface area contributed by atoms with Crippen molar-refractivity contribution in [3.63, 3.8) is 0 Å². The fraction of sp³-hybridized carbons (Fsp3) is 0. The Balaban J connectivity index is 1.15. The molecule has 1 heterocycles. The summed E-state index contributed by atoms with van der Waals surface area (Å²) in [6.45, 7) is 0. The van der Waals surface area contributed by atoms with Gasteiger partial charge in [0.25, 0.3) is 0 Å². The van der Waals surface area contributed by atoms with E-state index in [9.17, 15) is 0 Å². The zero-order chi connectivity index (χ0) is 41.9. The standard InChI is InChI=1S/C56H41B4NO/c57-51-49(38-29-27-35(28-30-38)34-13-2-1-3-14-34)52(58)54(60)55(53(51)59)61(40-19-10-18-39(33-40)42-23-11-17-36-15-4-6-20-41(36)42)47-25-9-8-22-44(47)45-24-12-26-48-50(45)46-32-31-37-16-5-7-21-43(37)56(46)62-48/h1-33H,57-60H2. The molecule has 0 bridgehead atoms. The number of para-hydroxylation sites is 1. The largest absolute Gasteiger partial charge is 0.455 e. The van der Waals surface area contributed by atoms with Crippen molar-refractivity contribution in [2.24, 2.45) is 0 Å². The maximum Gasteiger partial charge on any atom is 0.143 e. The van der Waals surface area contributed by atoms with Crippen molar-refractivity contribution in [1.29, 1.82) is 0 Å². The van der Waals surface area contributed by atoms with Gasteiger partial charge in [-0.2, -0.15) is 0 Å². The fourth-order valence-electron chi connectivity index (χ4n) is 9.87. The second kappa shape index (κ2) is 15.2. The summed E-state index contributed by atoms with van der Waals surface area (Å²) in [6, 6.07) is 72.4. The van der Waals surface area contributed by atoms with E-state index in [0.717, 1.165) is 49.8 Å². The Bertz CT molecular complexity index is 3490. The van der Waals surface area contributed by atoms with Crippen LogP contribution in [0.5, 0.6) is 0 Å². The van der Waals surface area contributed by atoms with Gasteiger partial charge in [-0.25, -0.2) is 0 Å². The lowest BCUT2D eigenvalue weighted by atomic mass is 9.64. The third-order valence-corrected chi connectivity index (χ3v) is 13.1. The van der Waals surface area contributed by atoms with Gasteiger partial charge in [-0.15, -0.1) is 0 Å². The second-order valence-electron chi connectivity index (χ2n) is 16.5. The fourth-order valence-corrected chi connectivity index (χ4v) is 9.87. The van der Waals surface area contributed by atoms with E-state index in [1.54, 1.807) is 0 Å². The Morgan fingerprint density at radius 1 is 0.371 bits per heavy atom. The molecule has 0 aliphatic heterocycles. The number of hydrogen-bond donors (Lipinski definition) is 0. The third-order valence-electron chi connectivity index (χ3n) is 13.1. The van der Waals surface area contributed by atoms with Crippen molar-refractivity contribution in [2.75, 3.05) is 4.90 Å². The molecule has 0 radical (unpaired) electrons. The lowest BCUT2D eigenvalue weighted by Crippen LogP contribution is -2.46. The van der Waals surface area contributed by atoms with E-state index >= 15 is 0 Å². The van der Waals surface area contributed by atoms with Crippen LogP contribution in [0.4, 0.5) is 17.1 Å². The van der Waals surface area contributed by atoms with Gasteiger partial charge in [-0.05, 0) is 85.4 Å². The summed E-state index contributed by atoms with van der Waals surface area (Å²) >= 11 is 0. The molecule has 1 aromatic heterocycles. The number of anilines is 3. The Hall–Kier alpha value is -7.42. The first kappa shape index (κ1) is 37.6. The van der Waals surface area contributed by atoms with Crippen molar-refractivity contribution in [3.05, 3.63) is 200 Å². The van der Waals surface area contributed by atoms with Crippen LogP contribution < -0.4 is 26.8 Å². The van der Waals surface area contributed by atoms with Crippen molar-refractivity contribution in [3.8, 4) is 44.5 Å². The van der Waals surface area contributed by atoms with E-state index in [-0.39, 0.29) is 0 Å². The maximum absolute atomic E-state index is 6.74. The summed E-state index contributed by atoms with van der Waals surface area (Å²) < 4.78 is 6.74. The van der Waals surface area contributed by atoms with Crippen LogP contribution in [0.3, 0.4) is 0 Å². The van der Waals surface area contributed by atoms with Gasteiger partial charge in [-0.3, -0.25) is 0 Å². The molecule has 10 aromatic carbocycles. The van der Waals surface area contributed by atoms with Gasteiger partial charge >= 0.3 is 0 Å². The SMILES string of the molecule is Bc1c(B)c(N(c2cccc(-c3cccc4ccccc34)c2)c2ccccc2-c2cccc3oc4c5ccccc5ccc4c23)c(B)c(B)c1-c1ccc(-c2ccccc2)cc1. The lowest BCUT2D eigenvalue weighted by molar-refractivity contribution is 0.673. The van der Waals surface area contributed by atoms with Crippen molar-refractivity contribution < 1.29 is 4.42 Å². The van der Waals surface area contributed by atoms with E-state index in [1.165, 1.54) is 77.1 Å². The summed E-state index contributed by atoms with van der Waals surface area (Å²) in [6.07, 6.45) is 0. The number of benzene rings is 10. The predicted molar refractivity (Wildman–Crippen MR) is 278 cm³/mol. The van der Waals surface area contributed by atoms with Gasteiger partial charge in [-0.1, -0.05) is 192 Å². The molecular formula is C56H41B4NO. The molecule has 288 valence electrons. The molecule has 0 aliphatic carbocycles. The number of furan rings is 1. The van der Waals surface area contributed by atoms with Gasteiger partial charge in [0.15, 0.2) is 0 Å². The normalized spacial score (nSPS) is 11.5. The number of fused-ring (bicyclic) bond motifs is 6. The van der Waals surface area contributed by atoms with Crippen LogP contribution in [-0.2, 0) is 0 Å². The quantitative estimate of drug-likeness (QED) is 0.150.